The minimum atomic E-state index is -0.487. The number of terminal acetylenes is 1. The van der Waals surface area contributed by atoms with Gasteiger partial charge in [0.25, 0.3) is 0 Å². The van der Waals surface area contributed by atoms with Crippen molar-refractivity contribution in [2.45, 2.75) is 11.3 Å². The fourth-order valence-electron chi connectivity index (χ4n) is 0.822. The van der Waals surface area contributed by atoms with Gasteiger partial charge in [0.2, 0.25) is 0 Å². The van der Waals surface area contributed by atoms with Crippen LogP contribution in [0.25, 0.3) is 0 Å². The Balaban J connectivity index is 2.77. The van der Waals surface area contributed by atoms with Crippen LogP contribution in [0.15, 0.2) is 4.34 Å². The van der Waals surface area contributed by atoms with Crippen molar-refractivity contribution in [2.24, 2.45) is 0 Å². The summed E-state index contributed by atoms with van der Waals surface area (Å²) in [5.74, 6) is 2.49. The fraction of sp³-hybridized carbons (Fsp3) is 0.333. The van der Waals surface area contributed by atoms with Gasteiger partial charge in [-0.25, -0.2) is 9.78 Å². The highest BCUT2D eigenvalue weighted by atomic mass is 32.2. The summed E-state index contributed by atoms with van der Waals surface area (Å²) < 4.78 is 5.49. The summed E-state index contributed by atoms with van der Waals surface area (Å²) in [5.41, 5.74) is 5.82. The molecule has 0 aliphatic rings. The standard InChI is InChI=1S/C9H10N2O2S2/c1-3-5-14-9-11-6(7(10)15-9)8(12)13-4-2/h1H,4-5,10H2,2H3. The molecular weight excluding hydrogens is 232 g/mol. The molecule has 1 aromatic heterocycles. The maximum Gasteiger partial charge on any atom is 0.360 e. The first-order valence-electron chi connectivity index (χ1n) is 4.18. The number of carbonyl (C=O) groups is 1. The van der Waals surface area contributed by atoms with Gasteiger partial charge < -0.3 is 10.5 Å². The molecule has 80 valence electrons. The van der Waals surface area contributed by atoms with E-state index < -0.39 is 5.97 Å². The molecule has 1 rings (SSSR count). The van der Waals surface area contributed by atoms with Crippen molar-refractivity contribution >= 4 is 34.1 Å². The topological polar surface area (TPSA) is 65.2 Å². The lowest BCUT2D eigenvalue weighted by molar-refractivity contribution is 0.0521. The molecular formula is C9H10N2O2S2. The smallest absolute Gasteiger partial charge is 0.360 e. The molecule has 0 bridgehead atoms. The number of hydrogen-bond acceptors (Lipinski definition) is 6. The van der Waals surface area contributed by atoms with Crippen LogP contribution in [0.3, 0.4) is 0 Å². The van der Waals surface area contributed by atoms with Crippen molar-refractivity contribution < 1.29 is 9.53 Å². The van der Waals surface area contributed by atoms with Crippen LogP contribution < -0.4 is 5.73 Å². The van der Waals surface area contributed by atoms with Gasteiger partial charge in [-0.05, 0) is 6.92 Å². The number of carbonyl (C=O) groups excluding carboxylic acids is 1. The molecule has 0 amide bonds. The lowest BCUT2D eigenvalue weighted by Gasteiger charge is -1.97. The normalized spacial score (nSPS) is 9.60. The number of ether oxygens (including phenoxy) is 1. The van der Waals surface area contributed by atoms with Crippen LogP contribution in [0, 0.1) is 12.3 Å². The van der Waals surface area contributed by atoms with Crippen LogP contribution in [0.4, 0.5) is 5.00 Å². The summed E-state index contributed by atoms with van der Waals surface area (Å²) in [4.78, 5) is 15.4. The molecule has 0 unspecified atom stereocenters. The van der Waals surface area contributed by atoms with Crippen LogP contribution in [-0.2, 0) is 4.74 Å². The van der Waals surface area contributed by atoms with Crippen molar-refractivity contribution in [3.8, 4) is 12.3 Å². The summed E-state index contributed by atoms with van der Waals surface area (Å²) in [6.07, 6.45) is 5.11. The Kier molecular flexibility index (Phi) is 4.46. The molecule has 0 atom stereocenters. The summed E-state index contributed by atoms with van der Waals surface area (Å²) in [7, 11) is 0. The molecule has 0 radical (unpaired) electrons. The number of hydrogen-bond donors (Lipinski definition) is 1. The Morgan fingerprint density at radius 1 is 1.80 bits per heavy atom. The zero-order valence-electron chi connectivity index (χ0n) is 8.15. The van der Waals surface area contributed by atoms with Crippen LogP contribution in [0.5, 0.6) is 0 Å². The summed E-state index contributed by atoms with van der Waals surface area (Å²) in [6.45, 7) is 2.04. The largest absolute Gasteiger partial charge is 0.461 e. The molecule has 0 fully saturated rings. The number of aromatic nitrogens is 1. The van der Waals surface area contributed by atoms with Gasteiger partial charge in [0.05, 0.1) is 12.4 Å². The quantitative estimate of drug-likeness (QED) is 0.494. The average Bonchev–Trinajstić information content (AvgIpc) is 2.57. The summed E-state index contributed by atoms with van der Waals surface area (Å²) >= 11 is 2.62. The zero-order chi connectivity index (χ0) is 11.3. The van der Waals surface area contributed by atoms with E-state index >= 15 is 0 Å². The molecule has 0 aromatic carbocycles. The molecule has 1 heterocycles. The first kappa shape index (κ1) is 11.9. The third-order valence-electron chi connectivity index (χ3n) is 1.38. The van der Waals surface area contributed by atoms with Gasteiger partial charge >= 0.3 is 5.97 Å². The predicted octanol–water partition coefficient (Wildman–Crippen LogP) is 1.63. The second kappa shape index (κ2) is 5.63. The van der Waals surface area contributed by atoms with Crippen molar-refractivity contribution in [1.82, 2.24) is 4.98 Å². The number of nitrogens with zero attached hydrogens (tertiary/aromatic N) is 1. The van der Waals surface area contributed by atoms with Gasteiger partial charge in [-0.2, -0.15) is 0 Å². The predicted molar refractivity (Wildman–Crippen MR) is 62.0 cm³/mol. The van der Waals surface area contributed by atoms with Gasteiger partial charge in [0, 0.05) is 0 Å². The molecule has 1 aromatic rings. The van der Waals surface area contributed by atoms with E-state index in [-0.39, 0.29) is 5.69 Å². The third-order valence-corrected chi connectivity index (χ3v) is 3.31. The number of nitrogens with two attached hydrogens (primary N) is 1. The van der Waals surface area contributed by atoms with E-state index in [1.54, 1.807) is 6.92 Å². The molecule has 4 nitrogen and oxygen atoms in total. The monoisotopic (exact) mass is 242 g/mol. The van der Waals surface area contributed by atoms with Crippen LogP contribution in [0.1, 0.15) is 17.4 Å². The van der Waals surface area contributed by atoms with Gasteiger partial charge in [0.15, 0.2) is 10.0 Å². The number of rotatable bonds is 4. The van der Waals surface area contributed by atoms with Gasteiger partial charge in [-0.3, -0.25) is 0 Å². The Morgan fingerprint density at radius 3 is 3.13 bits per heavy atom. The molecule has 0 aliphatic heterocycles. The Morgan fingerprint density at radius 2 is 2.53 bits per heavy atom. The van der Waals surface area contributed by atoms with E-state index in [1.807, 2.05) is 0 Å². The zero-order valence-corrected chi connectivity index (χ0v) is 9.78. The van der Waals surface area contributed by atoms with Gasteiger partial charge in [-0.15, -0.1) is 6.42 Å². The third kappa shape index (κ3) is 3.15. The van der Waals surface area contributed by atoms with Crippen molar-refractivity contribution in [3.05, 3.63) is 5.69 Å². The number of nitrogen functional groups attached to an aromatic ring is 1. The van der Waals surface area contributed by atoms with E-state index in [2.05, 4.69) is 10.9 Å². The average molecular weight is 242 g/mol. The molecule has 0 saturated heterocycles. The molecule has 0 saturated carbocycles. The SMILES string of the molecule is C#CCSc1nc(C(=O)OCC)c(N)s1. The highest BCUT2D eigenvalue weighted by Crippen LogP contribution is 2.29. The van der Waals surface area contributed by atoms with Crippen molar-refractivity contribution in [2.75, 3.05) is 18.1 Å². The van der Waals surface area contributed by atoms with E-state index in [0.717, 1.165) is 0 Å². The number of thioether (sulfide) groups is 1. The minimum absolute atomic E-state index is 0.182. The molecule has 15 heavy (non-hydrogen) atoms. The highest BCUT2D eigenvalue weighted by molar-refractivity contribution is 8.01. The molecule has 2 N–H and O–H groups in total. The fourth-order valence-corrected chi connectivity index (χ4v) is 2.42. The van der Waals surface area contributed by atoms with Crippen LogP contribution in [0.2, 0.25) is 0 Å². The van der Waals surface area contributed by atoms with E-state index in [4.69, 9.17) is 16.9 Å². The van der Waals surface area contributed by atoms with E-state index in [9.17, 15) is 4.79 Å². The maximum absolute atomic E-state index is 11.3. The van der Waals surface area contributed by atoms with Crippen molar-refractivity contribution in [1.29, 1.82) is 0 Å². The Labute approximate surface area is 96.2 Å². The lowest BCUT2D eigenvalue weighted by Crippen LogP contribution is -2.07. The summed E-state index contributed by atoms with van der Waals surface area (Å²) in [5, 5.41) is 0.368. The minimum Gasteiger partial charge on any atom is -0.461 e. The molecule has 0 aliphatic carbocycles. The maximum atomic E-state index is 11.3. The summed E-state index contributed by atoms with van der Waals surface area (Å²) in [6, 6.07) is 0. The Bertz CT molecular complexity index is 395. The number of thiazole rings is 1. The van der Waals surface area contributed by atoms with Gasteiger partial charge in [-0.1, -0.05) is 29.0 Å². The first-order chi connectivity index (χ1) is 7.19. The molecule has 6 heteroatoms. The van der Waals surface area contributed by atoms with Crippen molar-refractivity contribution in [3.63, 3.8) is 0 Å². The van der Waals surface area contributed by atoms with Crippen LogP contribution in [-0.4, -0.2) is 23.3 Å². The van der Waals surface area contributed by atoms with E-state index in [0.29, 0.717) is 21.7 Å². The molecule has 0 spiro atoms. The van der Waals surface area contributed by atoms with Crippen LogP contribution >= 0.6 is 23.1 Å². The Hall–Kier alpha value is -1.19. The second-order valence-electron chi connectivity index (χ2n) is 2.41. The second-order valence-corrected chi connectivity index (χ2v) is 4.66. The van der Waals surface area contributed by atoms with E-state index in [1.165, 1.54) is 23.1 Å². The van der Waals surface area contributed by atoms with Gasteiger partial charge in [0.1, 0.15) is 5.00 Å². The number of esters is 1. The first-order valence-corrected chi connectivity index (χ1v) is 5.99. The highest BCUT2D eigenvalue weighted by Gasteiger charge is 2.17. The number of anilines is 1. The lowest BCUT2D eigenvalue weighted by atomic mass is 10.5.